The van der Waals surface area contributed by atoms with Crippen molar-refractivity contribution >= 4 is 29.6 Å². The van der Waals surface area contributed by atoms with E-state index in [9.17, 15) is 24.0 Å². The molecular weight excluding hydrogens is 418 g/mol. The van der Waals surface area contributed by atoms with Crippen molar-refractivity contribution in [3.8, 4) is 0 Å². The van der Waals surface area contributed by atoms with Crippen LogP contribution in [0.2, 0.25) is 0 Å². The Hall–Kier alpha value is -3.47. The van der Waals surface area contributed by atoms with Gasteiger partial charge in [-0.25, -0.2) is 0 Å². The van der Waals surface area contributed by atoms with E-state index in [1.807, 2.05) is 32.0 Å². The fourth-order valence-electron chi connectivity index (χ4n) is 2.81. The van der Waals surface area contributed by atoms with Crippen molar-refractivity contribution in [2.24, 2.45) is 11.7 Å². The molecule has 1 aromatic carbocycles. The summed E-state index contributed by atoms with van der Waals surface area (Å²) in [7, 11) is 0. The lowest BCUT2D eigenvalue weighted by atomic mass is 10.0. The van der Waals surface area contributed by atoms with Crippen LogP contribution in [0.25, 0.3) is 0 Å². The highest BCUT2D eigenvalue weighted by atomic mass is 16.4. The van der Waals surface area contributed by atoms with Crippen LogP contribution in [0.3, 0.4) is 0 Å². The van der Waals surface area contributed by atoms with Crippen molar-refractivity contribution in [3.63, 3.8) is 0 Å². The number of carboxylic acids is 1. The van der Waals surface area contributed by atoms with Gasteiger partial charge in [-0.2, -0.15) is 0 Å². The predicted molar refractivity (Wildman–Crippen MR) is 116 cm³/mol. The molecule has 0 aliphatic carbocycles. The van der Waals surface area contributed by atoms with Crippen molar-refractivity contribution < 1.29 is 29.1 Å². The zero-order valence-electron chi connectivity index (χ0n) is 18.2. The fraction of sp³-hybridized carbons (Fsp3) is 0.476. The Balaban J connectivity index is 2.84. The molecule has 0 heterocycles. The molecule has 0 fully saturated rings. The summed E-state index contributed by atoms with van der Waals surface area (Å²) in [5.41, 5.74) is 6.17. The van der Waals surface area contributed by atoms with E-state index in [0.29, 0.717) is 0 Å². The normalized spacial score (nSPS) is 12.4. The van der Waals surface area contributed by atoms with E-state index in [1.165, 1.54) is 0 Å². The van der Waals surface area contributed by atoms with Gasteiger partial charge >= 0.3 is 5.97 Å². The monoisotopic (exact) mass is 449 g/mol. The number of carbonyl (C=O) groups excluding carboxylic acids is 4. The van der Waals surface area contributed by atoms with Crippen molar-refractivity contribution in [2.45, 2.75) is 38.8 Å². The number of aliphatic carboxylic acids is 1. The lowest BCUT2D eigenvalue weighted by molar-refractivity contribution is -0.138. The Bertz CT molecular complexity index is 799. The van der Waals surface area contributed by atoms with E-state index in [1.54, 1.807) is 12.1 Å². The number of carboxylic acid groups (broad SMARTS) is 1. The minimum atomic E-state index is -1.21. The Morgan fingerprint density at radius 1 is 0.875 bits per heavy atom. The first-order valence-electron chi connectivity index (χ1n) is 10.2. The molecule has 0 unspecified atom stereocenters. The molecule has 0 aromatic heterocycles. The smallest absolute Gasteiger partial charge is 0.322 e. The van der Waals surface area contributed by atoms with Crippen LogP contribution in [0.5, 0.6) is 0 Å². The predicted octanol–water partition coefficient (Wildman–Crippen LogP) is -1.48. The molecule has 11 nitrogen and oxygen atoms in total. The Labute approximate surface area is 186 Å². The maximum absolute atomic E-state index is 12.9. The summed E-state index contributed by atoms with van der Waals surface area (Å²) < 4.78 is 0. The third-order valence-electron chi connectivity index (χ3n) is 4.32. The molecule has 0 bridgehead atoms. The number of hydrogen-bond donors (Lipinski definition) is 6. The first kappa shape index (κ1) is 26.6. The third kappa shape index (κ3) is 10.5. The van der Waals surface area contributed by atoms with E-state index in [0.717, 1.165) is 5.56 Å². The molecule has 0 saturated carbocycles. The molecule has 2 atom stereocenters. The van der Waals surface area contributed by atoms with Gasteiger partial charge < -0.3 is 32.1 Å². The van der Waals surface area contributed by atoms with E-state index < -0.39 is 54.8 Å². The molecule has 7 N–H and O–H groups in total. The van der Waals surface area contributed by atoms with Gasteiger partial charge in [-0.3, -0.25) is 24.0 Å². The SMILES string of the molecule is CC(C)C[C@H](NC(=O)[C@H](Cc1ccccc1)NC(=O)CN)C(=O)NCC(=O)NCC(=O)O. The molecule has 32 heavy (non-hydrogen) atoms. The summed E-state index contributed by atoms with van der Waals surface area (Å²) in [6.45, 7) is 2.43. The first-order chi connectivity index (χ1) is 15.1. The van der Waals surface area contributed by atoms with Crippen LogP contribution in [-0.2, 0) is 30.4 Å². The molecule has 0 spiro atoms. The van der Waals surface area contributed by atoms with Crippen LogP contribution in [0.15, 0.2) is 30.3 Å². The molecule has 11 heteroatoms. The maximum atomic E-state index is 12.9. The molecule has 1 rings (SSSR count). The van der Waals surface area contributed by atoms with Crippen LogP contribution < -0.4 is 27.0 Å². The van der Waals surface area contributed by atoms with Gasteiger partial charge in [0.15, 0.2) is 0 Å². The Kier molecular flexibility index (Phi) is 11.4. The van der Waals surface area contributed by atoms with Crippen molar-refractivity contribution in [2.75, 3.05) is 19.6 Å². The van der Waals surface area contributed by atoms with Gasteiger partial charge in [0.25, 0.3) is 0 Å². The van der Waals surface area contributed by atoms with Gasteiger partial charge in [0.2, 0.25) is 23.6 Å². The van der Waals surface area contributed by atoms with Crippen LogP contribution in [0.4, 0.5) is 0 Å². The Morgan fingerprint density at radius 2 is 1.53 bits per heavy atom. The lowest BCUT2D eigenvalue weighted by Gasteiger charge is -2.24. The molecule has 0 aliphatic rings. The minimum Gasteiger partial charge on any atom is -0.480 e. The number of amides is 4. The minimum absolute atomic E-state index is 0.0399. The van der Waals surface area contributed by atoms with Crippen LogP contribution in [-0.4, -0.2) is 66.4 Å². The van der Waals surface area contributed by atoms with Gasteiger partial charge in [0.05, 0.1) is 13.1 Å². The standard InChI is InChI=1S/C21H31N5O6/c1-13(2)8-15(20(31)24-11-18(28)23-12-19(29)30)26-21(32)16(25-17(27)10-22)9-14-6-4-3-5-7-14/h3-7,13,15-16H,8-12,22H2,1-2H3,(H,23,28)(H,24,31)(H,25,27)(H,26,32)(H,29,30)/t15-,16-/m0/s1. The topological polar surface area (TPSA) is 180 Å². The summed E-state index contributed by atoms with van der Waals surface area (Å²) in [6, 6.07) is 7.15. The van der Waals surface area contributed by atoms with Gasteiger partial charge in [0.1, 0.15) is 18.6 Å². The zero-order chi connectivity index (χ0) is 24.1. The van der Waals surface area contributed by atoms with E-state index >= 15 is 0 Å². The van der Waals surface area contributed by atoms with Gasteiger partial charge in [-0.05, 0) is 17.9 Å². The molecule has 0 radical (unpaired) electrons. The summed E-state index contributed by atoms with van der Waals surface area (Å²) in [6.07, 6.45) is 0.489. The zero-order valence-corrected chi connectivity index (χ0v) is 18.2. The lowest BCUT2D eigenvalue weighted by Crippen LogP contribution is -2.56. The van der Waals surface area contributed by atoms with Crippen LogP contribution in [0.1, 0.15) is 25.8 Å². The second kappa shape index (κ2) is 13.8. The molecule has 0 aliphatic heterocycles. The molecule has 176 valence electrons. The number of rotatable bonds is 13. The largest absolute Gasteiger partial charge is 0.480 e. The molecular formula is C21H31N5O6. The molecule has 4 amide bonds. The first-order valence-corrected chi connectivity index (χ1v) is 10.2. The van der Waals surface area contributed by atoms with Gasteiger partial charge in [-0.15, -0.1) is 0 Å². The second-order valence-corrected chi connectivity index (χ2v) is 7.59. The average molecular weight is 450 g/mol. The number of carbonyl (C=O) groups is 5. The van der Waals surface area contributed by atoms with Crippen molar-refractivity contribution in [3.05, 3.63) is 35.9 Å². The highest BCUT2D eigenvalue weighted by molar-refractivity contribution is 5.94. The van der Waals surface area contributed by atoms with Crippen LogP contribution in [0, 0.1) is 5.92 Å². The van der Waals surface area contributed by atoms with Crippen LogP contribution >= 0.6 is 0 Å². The summed E-state index contributed by atoms with van der Waals surface area (Å²) in [5, 5.41) is 18.3. The second-order valence-electron chi connectivity index (χ2n) is 7.59. The van der Waals surface area contributed by atoms with E-state index in [4.69, 9.17) is 10.8 Å². The summed E-state index contributed by atoms with van der Waals surface area (Å²) >= 11 is 0. The highest BCUT2D eigenvalue weighted by Crippen LogP contribution is 2.08. The highest BCUT2D eigenvalue weighted by Gasteiger charge is 2.27. The van der Waals surface area contributed by atoms with Crippen molar-refractivity contribution in [1.29, 1.82) is 0 Å². The number of nitrogens with one attached hydrogen (secondary N) is 4. The van der Waals surface area contributed by atoms with E-state index in [2.05, 4.69) is 21.3 Å². The summed E-state index contributed by atoms with van der Waals surface area (Å²) in [5.74, 6) is -3.52. The Morgan fingerprint density at radius 3 is 2.09 bits per heavy atom. The summed E-state index contributed by atoms with van der Waals surface area (Å²) in [4.78, 5) is 59.5. The average Bonchev–Trinajstić information content (AvgIpc) is 2.75. The maximum Gasteiger partial charge on any atom is 0.322 e. The quantitative estimate of drug-likeness (QED) is 0.212. The number of benzene rings is 1. The molecule has 1 aromatic rings. The van der Waals surface area contributed by atoms with Gasteiger partial charge in [0, 0.05) is 6.42 Å². The van der Waals surface area contributed by atoms with E-state index in [-0.39, 0.29) is 25.3 Å². The van der Waals surface area contributed by atoms with Crippen molar-refractivity contribution in [1.82, 2.24) is 21.3 Å². The third-order valence-corrected chi connectivity index (χ3v) is 4.32. The fourth-order valence-corrected chi connectivity index (χ4v) is 2.81. The number of nitrogens with two attached hydrogens (primary N) is 1. The number of hydrogen-bond acceptors (Lipinski definition) is 6. The molecule has 0 saturated heterocycles. The van der Waals surface area contributed by atoms with Gasteiger partial charge in [-0.1, -0.05) is 44.2 Å².